The molecule has 1 N–H and O–H groups in total. The van der Waals surface area contributed by atoms with Gasteiger partial charge in [-0.1, -0.05) is 37.0 Å². The summed E-state index contributed by atoms with van der Waals surface area (Å²) in [6, 6.07) is 4.17. The van der Waals surface area contributed by atoms with E-state index in [2.05, 4.69) is 10.1 Å². The van der Waals surface area contributed by atoms with Crippen LogP contribution in [0.4, 0.5) is 5.69 Å². The summed E-state index contributed by atoms with van der Waals surface area (Å²) in [5.74, 6) is -1.65. The van der Waals surface area contributed by atoms with Crippen molar-refractivity contribution >= 4 is 46.3 Å². The molecule has 1 aliphatic rings. The lowest BCUT2D eigenvalue weighted by Gasteiger charge is -2.22. The van der Waals surface area contributed by atoms with Crippen LogP contribution in [-0.4, -0.2) is 27.1 Å². The van der Waals surface area contributed by atoms with Gasteiger partial charge in [-0.05, 0) is 18.1 Å². The summed E-state index contributed by atoms with van der Waals surface area (Å²) in [7, 11) is 0. The fraction of sp³-hybridized carbons (Fsp3) is 0.222. The first kappa shape index (κ1) is 21.3. The van der Waals surface area contributed by atoms with Gasteiger partial charge in [-0.15, -0.1) is 4.73 Å². The van der Waals surface area contributed by atoms with Gasteiger partial charge in [0.2, 0.25) is 11.5 Å². The van der Waals surface area contributed by atoms with Crippen molar-refractivity contribution in [2.24, 2.45) is 5.10 Å². The van der Waals surface area contributed by atoms with Crippen molar-refractivity contribution in [2.75, 3.05) is 5.01 Å². The molecule has 1 amide bonds. The predicted molar refractivity (Wildman–Crippen MR) is 108 cm³/mol. The zero-order valence-electron chi connectivity index (χ0n) is 15.6. The number of aromatic amines is 1. The molecule has 0 unspecified atom stereocenters. The number of benzene rings is 1. The van der Waals surface area contributed by atoms with Gasteiger partial charge in [0.1, 0.15) is 6.07 Å². The van der Waals surface area contributed by atoms with Crippen molar-refractivity contribution in [1.29, 1.82) is 5.26 Å². The van der Waals surface area contributed by atoms with Crippen LogP contribution in [0.15, 0.2) is 33.0 Å². The summed E-state index contributed by atoms with van der Waals surface area (Å²) in [6.07, 6.45) is 0.709. The predicted octanol–water partition coefficient (Wildman–Crippen LogP) is 1.99. The van der Waals surface area contributed by atoms with Gasteiger partial charge in [-0.25, -0.2) is 4.79 Å². The van der Waals surface area contributed by atoms with Crippen molar-refractivity contribution in [1.82, 2.24) is 9.71 Å². The minimum absolute atomic E-state index is 0.0832. The van der Waals surface area contributed by atoms with Gasteiger partial charge >= 0.3 is 5.69 Å². The highest BCUT2D eigenvalue weighted by molar-refractivity contribution is 6.50. The van der Waals surface area contributed by atoms with E-state index in [9.17, 15) is 19.2 Å². The first-order chi connectivity index (χ1) is 14.1. The number of aromatic nitrogens is 2. The Hall–Kier alpha value is -3.42. The molecule has 0 fully saturated rings. The standard InChI is InChI=1S/C18H13Cl2N5O5/c1-8(2)10-7-24(18(29)22-17(10)28)30-16-11(19)3-9(4-12(16)20)25-15(27)5-14(26)13(6-21)23-25/h3-4,7-8H,5H2,1-2H3,(H,22,28,29). The van der Waals surface area contributed by atoms with Crippen LogP contribution in [0.3, 0.4) is 0 Å². The Labute approximate surface area is 178 Å². The molecule has 0 radical (unpaired) electrons. The summed E-state index contributed by atoms with van der Waals surface area (Å²) in [5.41, 5.74) is -1.40. The molecule has 30 heavy (non-hydrogen) atoms. The topological polar surface area (TPSA) is 138 Å². The van der Waals surface area contributed by atoms with Crippen LogP contribution in [0.2, 0.25) is 10.0 Å². The lowest BCUT2D eigenvalue weighted by atomic mass is 10.1. The van der Waals surface area contributed by atoms with Gasteiger partial charge in [-0.3, -0.25) is 19.4 Å². The second-order valence-electron chi connectivity index (χ2n) is 6.52. The third-order valence-corrected chi connectivity index (χ3v) is 4.66. The van der Waals surface area contributed by atoms with Crippen molar-refractivity contribution in [3.05, 3.63) is 54.8 Å². The van der Waals surface area contributed by atoms with Crippen LogP contribution in [0.1, 0.15) is 31.7 Å². The fourth-order valence-electron chi connectivity index (χ4n) is 2.60. The largest absolute Gasteiger partial charge is 0.368 e. The maximum Gasteiger partial charge on any atom is 0.361 e. The highest BCUT2D eigenvalue weighted by atomic mass is 35.5. The van der Waals surface area contributed by atoms with E-state index in [0.717, 1.165) is 9.74 Å². The van der Waals surface area contributed by atoms with E-state index in [1.165, 1.54) is 18.3 Å². The molecule has 2 heterocycles. The number of halogens is 2. The van der Waals surface area contributed by atoms with Gasteiger partial charge < -0.3 is 4.84 Å². The lowest BCUT2D eigenvalue weighted by molar-refractivity contribution is -0.124. The minimum Gasteiger partial charge on any atom is -0.368 e. The monoisotopic (exact) mass is 449 g/mol. The third kappa shape index (κ3) is 3.98. The van der Waals surface area contributed by atoms with Gasteiger partial charge in [0, 0.05) is 5.56 Å². The number of nitrogens with one attached hydrogen (secondary N) is 1. The van der Waals surface area contributed by atoms with E-state index in [1.807, 2.05) is 0 Å². The number of rotatable bonds is 4. The Kier molecular flexibility index (Phi) is 5.78. The zero-order valence-corrected chi connectivity index (χ0v) is 17.1. The number of nitrogens with zero attached hydrogens (tertiary/aromatic N) is 4. The number of hydrogen-bond donors (Lipinski definition) is 1. The van der Waals surface area contributed by atoms with E-state index >= 15 is 0 Å². The van der Waals surface area contributed by atoms with Crippen molar-refractivity contribution < 1.29 is 14.4 Å². The minimum atomic E-state index is -0.839. The summed E-state index contributed by atoms with van der Waals surface area (Å²) >= 11 is 12.4. The number of ketones is 1. The van der Waals surface area contributed by atoms with Crippen molar-refractivity contribution in [3.8, 4) is 11.8 Å². The van der Waals surface area contributed by atoms with Gasteiger partial charge in [0.15, 0.2) is 5.75 Å². The molecule has 2 aromatic rings. The molecule has 1 aliphatic heterocycles. The maximum absolute atomic E-state index is 12.1. The normalized spacial score (nSPS) is 14.0. The number of anilines is 1. The molecular formula is C18H13Cl2N5O5. The van der Waals surface area contributed by atoms with E-state index in [-0.39, 0.29) is 27.4 Å². The van der Waals surface area contributed by atoms with E-state index < -0.39 is 35.1 Å². The summed E-state index contributed by atoms with van der Waals surface area (Å²) < 4.78 is 0.778. The van der Waals surface area contributed by atoms with Crippen molar-refractivity contribution in [2.45, 2.75) is 26.2 Å². The third-order valence-electron chi connectivity index (χ3n) is 4.10. The van der Waals surface area contributed by atoms with E-state index in [0.29, 0.717) is 5.56 Å². The quantitative estimate of drug-likeness (QED) is 0.708. The van der Waals surface area contributed by atoms with E-state index in [1.54, 1.807) is 19.9 Å². The summed E-state index contributed by atoms with van der Waals surface area (Å²) in [4.78, 5) is 55.3. The first-order valence-electron chi connectivity index (χ1n) is 8.50. The second-order valence-corrected chi connectivity index (χ2v) is 7.33. The van der Waals surface area contributed by atoms with Crippen LogP contribution in [0.25, 0.3) is 0 Å². The Morgan fingerprint density at radius 2 is 1.83 bits per heavy atom. The number of Topliss-reactive ketones (excluding diaryl/α,β-unsaturated/α-hetero) is 1. The first-order valence-corrected chi connectivity index (χ1v) is 9.26. The Balaban J connectivity index is 2.02. The maximum atomic E-state index is 12.1. The van der Waals surface area contributed by atoms with Crippen LogP contribution in [0, 0.1) is 11.3 Å². The molecule has 0 saturated heterocycles. The summed E-state index contributed by atoms with van der Waals surface area (Å²) in [5, 5.41) is 13.4. The number of H-pyrrole nitrogens is 1. The zero-order chi connectivity index (χ0) is 22.2. The molecule has 0 spiro atoms. The smallest absolute Gasteiger partial charge is 0.361 e. The Morgan fingerprint density at radius 3 is 2.40 bits per heavy atom. The number of hydrazone groups is 1. The van der Waals surface area contributed by atoms with E-state index in [4.69, 9.17) is 33.3 Å². The average molecular weight is 450 g/mol. The summed E-state index contributed by atoms with van der Waals surface area (Å²) in [6.45, 7) is 3.54. The SMILES string of the molecule is CC(C)c1cn(Oc2c(Cl)cc(N3N=C(C#N)C(=O)CC3=O)cc2Cl)c(=O)[nH]c1=O. The molecule has 3 rings (SSSR count). The number of carbonyl (C=O) groups is 2. The molecule has 1 aromatic carbocycles. The molecule has 12 heteroatoms. The molecular weight excluding hydrogens is 437 g/mol. The van der Waals surface area contributed by atoms with Crippen LogP contribution in [0.5, 0.6) is 5.75 Å². The molecule has 0 saturated carbocycles. The van der Waals surface area contributed by atoms with Gasteiger partial charge in [-0.2, -0.15) is 15.4 Å². The van der Waals surface area contributed by atoms with Crippen molar-refractivity contribution in [3.63, 3.8) is 0 Å². The van der Waals surface area contributed by atoms with Crippen LogP contribution in [-0.2, 0) is 9.59 Å². The molecule has 0 atom stereocenters. The van der Waals surface area contributed by atoms with Crippen LogP contribution >= 0.6 is 23.2 Å². The number of carbonyl (C=O) groups excluding carboxylic acids is 2. The highest BCUT2D eigenvalue weighted by Gasteiger charge is 2.29. The average Bonchev–Trinajstić information content (AvgIpc) is 2.65. The molecule has 1 aromatic heterocycles. The van der Waals surface area contributed by atoms with Crippen LogP contribution < -0.4 is 21.1 Å². The molecule has 0 aliphatic carbocycles. The molecule has 10 nitrogen and oxygen atoms in total. The number of amides is 1. The highest BCUT2D eigenvalue weighted by Crippen LogP contribution is 2.38. The van der Waals surface area contributed by atoms with Gasteiger partial charge in [0.05, 0.1) is 28.4 Å². The molecule has 0 bridgehead atoms. The molecule has 154 valence electrons. The lowest BCUT2D eigenvalue weighted by Crippen LogP contribution is -2.36. The van der Waals surface area contributed by atoms with Gasteiger partial charge in [0.25, 0.3) is 11.5 Å². The number of hydrogen-bond acceptors (Lipinski definition) is 7. The Bertz CT molecular complexity index is 1230. The number of nitriles is 1. The fourth-order valence-corrected chi connectivity index (χ4v) is 3.14. The Morgan fingerprint density at radius 1 is 1.20 bits per heavy atom. The second kappa shape index (κ2) is 8.14.